The van der Waals surface area contributed by atoms with Crippen LogP contribution in [0.3, 0.4) is 0 Å². The van der Waals surface area contributed by atoms with E-state index in [0.717, 1.165) is 30.8 Å². The molecular weight excluding hydrogens is 415 g/mol. The first-order valence-electron chi connectivity index (χ1n) is 10.3. The molecule has 2 saturated heterocycles. The number of methoxy groups -OCH3 is 1. The van der Waals surface area contributed by atoms with Gasteiger partial charge in [0.25, 0.3) is 5.91 Å². The fraction of sp³-hybridized carbons (Fsp3) is 0.261. The molecule has 0 aliphatic carbocycles. The first-order valence-corrected chi connectivity index (χ1v) is 10.3. The summed E-state index contributed by atoms with van der Waals surface area (Å²) in [6.07, 6.45) is 3.47. The van der Waals surface area contributed by atoms with E-state index in [0.29, 0.717) is 22.7 Å². The standard InChI is InChI=1S/C23H23FN4O4/c1-32-17-7-5-16(6-8-17)25-21(29)14-28-22(30)19(26-23(28)31)13-15-4-9-20(18(24)12-15)27-10-2-3-11-27/h4-9,12-13H,2-3,10-11,14H2,1H3,(H,25,29)(H,26,31)/b19-13-. The van der Waals surface area contributed by atoms with E-state index in [1.807, 2.05) is 4.90 Å². The highest BCUT2D eigenvalue weighted by Gasteiger charge is 2.35. The predicted octanol–water partition coefficient (Wildman–Crippen LogP) is 2.97. The summed E-state index contributed by atoms with van der Waals surface area (Å²) < 4.78 is 19.6. The van der Waals surface area contributed by atoms with Crippen LogP contribution in [-0.4, -0.2) is 49.5 Å². The van der Waals surface area contributed by atoms with Gasteiger partial charge in [0.2, 0.25) is 5.91 Å². The Balaban J connectivity index is 1.42. The van der Waals surface area contributed by atoms with Crippen molar-refractivity contribution >= 4 is 35.3 Å². The van der Waals surface area contributed by atoms with E-state index in [-0.39, 0.29) is 11.5 Å². The zero-order chi connectivity index (χ0) is 22.7. The number of rotatable bonds is 6. The molecule has 2 aliphatic heterocycles. The predicted molar refractivity (Wildman–Crippen MR) is 118 cm³/mol. The van der Waals surface area contributed by atoms with Gasteiger partial charge in [-0.25, -0.2) is 14.1 Å². The lowest BCUT2D eigenvalue weighted by atomic mass is 10.1. The van der Waals surface area contributed by atoms with E-state index in [1.165, 1.54) is 19.3 Å². The summed E-state index contributed by atoms with van der Waals surface area (Å²) >= 11 is 0. The third-order valence-corrected chi connectivity index (χ3v) is 5.37. The highest BCUT2D eigenvalue weighted by atomic mass is 19.1. The minimum Gasteiger partial charge on any atom is -0.497 e. The molecule has 0 saturated carbocycles. The molecule has 2 fully saturated rings. The maximum Gasteiger partial charge on any atom is 0.329 e. The number of nitrogens with one attached hydrogen (secondary N) is 2. The Morgan fingerprint density at radius 2 is 1.88 bits per heavy atom. The molecule has 2 N–H and O–H groups in total. The second kappa shape index (κ2) is 9.09. The largest absolute Gasteiger partial charge is 0.497 e. The molecule has 0 aromatic heterocycles. The van der Waals surface area contributed by atoms with Crippen molar-refractivity contribution in [1.82, 2.24) is 10.2 Å². The highest BCUT2D eigenvalue weighted by Crippen LogP contribution is 2.25. The Kier molecular flexibility index (Phi) is 6.07. The van der Waals surface area contributed by atoms with Crippen molar-refractivity contribution in [3.05, 3.63) is 59.5 Å². The lowest BCUT2D eigenvalue weighted by molar-refractivity contribution is -0.127. The molecule has 0 unspecified atom stereocenters. The number of ether oxygens (including phenoxy) is 1. The number of anilines is 2. The number of nitrogens with zero attached hydrogens (tertiary/aromatic N) is 2. The maximum atomic E-state index is 14.5. The Hall–Kier alpha value is -3.88. The molecule has 2 aromatic carbocycles. The van der Waals surface area contributed by atoms with Gasteiger partial charge in [-0.3, -0.25) is 9.59 Å². The molecule has 0 atom stereocenters. The van der Waals surface area contributed by atoms with Gasteiger partial charge in [-0.1, -0.05) is 6.07 Å². The molecule has 0 bridgehead atoms. The van der Waals surface area contributed by atoms with Crippen LogP contribution in [0.15, 0.2) is 48.2 Å². The summed E-state index contributed by atoms with van der Waals surface area (Å²) in [6, 6.07) is 10.6. The highest BCUT2D eigenvalue weighted by molar-refractivity contribution is 6.15. The lowest BCUT2D eigenvalue weighted by Gasteiger charge is -2.18. The third-order valence-electron chi connectivity index (χ3n) is 5.37. The van der Waals surface area contributed by atoms with Gasteiger partial charge in [-0.2, -0.15) is 0 Å². The van der Waals surface area contributed by atoms with Crippen molar-refractivity contribution in [1.29, 1.82) is 0 Å². The fourth-order valence-electron chi connectivity index (χ4n) is 3.73. The Labute approximate surface area is 184 Å². The van der Waals surface area contributed by atoms with Gasteiger partial charge in [0.05, 0.1) is 12.8 Å². The number of benzene rings is 2. The number of carbonyl (C=O) groups excluding carboxylic acids is 3. The number of imide groups is 1. The monoisotopic (exact) mass is 438 g/mol. The van der Waals surface area contributed by atoms with E-state index >= 15 is 0 Å². The second-order valence-corrected chi connectivity index (χ2v) is 7.56. The molecule has 2 heterocycles. The summed E-state index contributed by atoms with van der Waals surface area (Å²) in [6.45, 7) is 1.19. The van der Waals surface area contributed by atoms with Crippen LogP contribution >= 0.6 is 0 Å². The molecule has 4 amide bonds. The van der Waals surface area contributed by atoms with Crippen molar-refractivity contribution in [2.75, 3.05) is 37.0 Å². The Bertz CT molecular complexity index is 1080. The fourth-order valence-corrected chi connectivity index (χ4v) is 3.73. The van der Waals surface area contributed by atoms with E-state index in [2.05, 4.69) is 10.6 Å². The zero-order valence-electron chi connectivity index (χ0n) is 17.6. The molecule has 32 heavy (non-hydrogen) atoms. The van der Waals surface area contributed by atoms with Crippen LogP contribution in [0.2, 0.25) is 0 Å². The van der Waals surface area contributed by atoms with Crippen molar-refractivity contribution in [2.24, 2.45) is 0 Å². The minimum atomic E-state index is -0.708. The molecule has 2 aromatic rings. The molecular formula is C23H23FN4O4. The summed E-state index contributed by atoms with van der Waals surface area (Å²) in [7, 11) is 1.53. The van der Waals surface area contributed by atoms with Crippen LogP contribution in [-0.2, 0) is 9.59 Å². The number of hydrogen-bond acceptors (Lipinski definition) is 5. The van der Waals surface area contributed by atoms with E-state index in [4.69, 9.17) is 4.74 Å². The quantitative estimate of drug-likeness (QED) is 0.535. The maximum absolute atomic E-state index is 14.5. The van der Waals surface area contributed by atoms with Gasteiger partial charge in [-0.15, -0.1) is 0 Å². The van der Waals surface area contributed by atoms with Gasteiger partial charge in [0.1, 0.15) is 23.8 Å². The van der Waals surface area contributed by atoms with Gasteiger partial charge in [0.15, 0.2) is 0 Å². The first kappa shape index (κ1) is 21.4. The normalized spacial score (nSPS) is 17.1. The van der Waals surface area contributed by atoms with Gasteiger partial charge >= 0.3 is 6.03 Å². The number of amides is 4. The molecule has 166 valence electrons. The number of carbonyl (C=O) groups is 3. The molecule has 9 heteroatoms. The molecule has 2 aliphatic rings. The van der Waals surface area contributed by atoms with E-state index < -0.39 is 24.4 Å². The first-order chi connectivity index (χ1) is 15.4. The van der Waals surface area contributed by atoms with Crippen molar-refractivity contribution in [2.45, 2.75) is 12.8 Å². The number of halogens is 1. The smallest absolute Gasteiger partial charge is 0.329 e. The third kappa shape index (κ3) is 4.56. The van der Waals surface area contributed by atoms with Crippen molar-refractivity contribution in [3.8, 4) is 5.75 Å². The number of urea groups is 1. The van der Waals surface area contributed by atoms with Crippen LogP contribution in [0.1, 0.15) is 18.4 Å². The van der Waals surface area contributed by atoms with E-state index in [9.17, 15) is 18.8 Å². The molecule has 0 spiro atoms. The summed E-state index contributed by atoms with van der Waals surface area (Å²) in [5.74, 6) is -0.921. The lowest BCUT2D eigenvalue weighted by Crippen LogP contribution is -2.38. The van der Waals surface area contributed by atoms with Crippen LogP contribution in [0.4, 0.5) is 20.6 Å². The molecule has 0 radical (unpaired) electrons. The van der Waals surface area contributed by atoms with Gasteiger partial charge in [-0.05, 0) is 60.9 Å². The van der Waals surface area contributed by atoms with Crippen LogP contribution in [0.25, 0.3) is 6.08 Å². The Morgan fingerprint density at radius 1 is 1.16 bits per heavy atom. The Morgan fingerprint density at radius 3 is 2.53 bits per heavy atom. The second-order valence-electron chi connectivity index (χ2n) is 7.56. The number of hydrogen-bond donors (Lipinski definition) is 2. The SMILES string of the molecule is COc1ccc(NC(=O)CN2C(=O)N/C(=C\c3ccc(N4CCCC4)c(F)c3)C2=O)cc1. The van der Waals surface area contributed by atoms with Crippen molar-refractivity contribution < 1.29 is 23.5 Å². The van der Waals surface area contributed by atoms with Crippen LogP contribution < -0.4 is 20.3 Å². The van der Waals surface area contributed by atoms with Crippen LogP contribution in [0.5, 0.6) is 5.75 Å². The minimum absolute atomic E-state index is 0.0134. The summed E-state index contributed by atoms with van der Waals surface area (Å²) in [4.78, 5) is 39.9. The van der Waals surface area contributed by atoms with Gasteiger partial charge in [0, 0.05) is 18.8 Å². The summed E-state index contributed by atoms with van der Waals surface area (Å²) in [5, 5.41) is 5.07. The van der Waals surface area contributed by atoms with Crippen molar-refractivity contribution in [3.63, 3.8) is 0 Å². The van der Waals surface area contributed by atoms with Crippen LogP contribution in [0, 0.1) is 5.82 Å². The van der Waals surface area contributed by atoms with Gasteiger partial charge < -0.3 is 20.3 Å². The molecule has 4 rings (SSSR count). The average molecular weight is 438 g/mol. The molecule has 8 nitrogen and oxygen atoms in total. The summed E-state index contributed by atoms with van der Waals surface area (Å²) in [5.41, 5.74) is 1.47. The van der Waals surface area contributed by atoms with E-state index in [1.54, 1.807) is 36.4 Å². The topological polar surface area (TPSA) is 91.0 Å². The average Bonchev–Trinajstić information content (AvgIpc) is 3.39. The zero-order valence-corrected chi connectivity index (χ0v) is 17.6.